The first-order valence-electron chi connectivity index (χ1n) is 5.71. The summed E-state index contributed by atoms with van der Waals surface area (Å²) in [5.74, 6) is -1.12. The minimum Gasteiger partial charge on any atom is -0.376 e. The van der Waals surface area contributed by atoms with Crippen molar-refractivity contribution in [2.75, 3.05) is 26.4 Å². The molecule has 100 valence electrons. The van der Waals surface area contributed by atoms with Crippen LogP contribution in [0.15, 0.2) is 16.6 Å². The lowest BCUT2D eigenvalue weighted by atomic mass is 10.2. The Morgan fingerprint density at radius 1 is 1.33 bits per heavy atom. The predicted molar refractivity (Wildman–Crippen MR) is 66.3 cm³/mol. The zero-order valence-corrected chi connectivity index (χ0v) is 11.3. The maximum Gasteiger partial charge on any atom is 0.144 e. The van der Waals surface area contributed by atoms with E-state index in [2.05, 4.69) is 21.2 Å². The fourth-order valence-electron chi connectivity index (χ4n) is 1.74. The third-order valence-corrected chi connectivity index (χ3v) is 3.31. The number of ether oxygens (including phenoxy) is 2. The minimum absolute atomic E-state index is 0.0288. The van der Waals surface area contributed by atoms with Crippen molar-refractivity contribution in [2.45, 2.75) is 12.6 Å². The molecule has 0 spiro atoms. The zero-order chi connectivity index (χ0) is 13.0. The molecule has 1 fully saturated rings. The van der Waals surface area contributed by atoms with Crippen LogP contribution in [0, 0.1) is 11.6 Å². The summed E-state index contributed by atoms with van der Waals surface area (Å²) in [5, 5.41) is 2.97. The molecule has 1 atom stereocenters. The van der Waals surface area contributed by atoms with Crippen molar-refractivity contribution in [3.63, 3.8) is 0 Å². The van der Waals surface area contributed by atoms with Gasteiger partial charge in [-0.3, -0.25) is 0 Å². The van der Waals surface area contributed by atoms with Crippen molar-refractivity contribution in [1.29, 1.82) is 0 Å². The lowest BCUT2D eigenvalue weighted by Crippen LogP contribution is -2.37. The first kappa shape index (κ1) is 13.9. The normalized spacial score (nSPS) is 20.1. The van der Waals surface area contributed by atoms with E-state index >= 15 is 0 Å². The van der Waals surface area contributed by atoms with E-state index in [-0.39, 0.29) is 22.7 Å². The van der Waals surface area contributed by atoms with Crippen LogP contribution in [0.4, 0.5) is 8.78 Å². The second-order valence-corrected chi connectivity index (χ2v) is 4.87. The highest BCUT2D eigenvalue weighted by molar-refractivity contribution is 9.10. The summed E-state index contributed by atoms with van der Waals surface area (Å²) in [5.41, 5.74) is 0.0288. The SMILES string of the molecule is Fc1ccc(Br)c(F)c1CNCC1COCCO1. The molecule has 1 aliphatic rings. The standard InChI is InChI=1S/C12H14BrF2NO2/c13-10-1-2-11(14)9(12(10)15)6-16-5-8-7-17-3-4-18-8/h1-2,8,16H,3-7H2. The third kappa shape index (κ3) is 3.47. The Morgan fingerprint density at radius 2 is 2.17 bits per heavy atom. The summed E-state index contributed by atoms with van der Waals surface area (Å²) in [7, 11) is 0. The van der Waals surface area contributed by atoms with Gasteiger partial charge in [-0.2, -0.15) is 0 Å². The summed E-state index contributed by atoms with van der Waals surface area (Å²) >= 11 is 3.03. The Hall–Kier alpha value is -0.560. The average molecular weight is 322 g/mol. The highest BCUT2D eigenvalue weighted by atomic mass is 79.9. The minimum atomic E-state index is -0.566. The van der Waals surface area contributed by atoms with Crippen molar-refractivity contribution < 1.29 is 18.3 Å². The molecule has 3 nitrogen and oxygen atoms in total. The molecule has 0 saturated carbocycles. The molecule has 18 heavy (non-hydrogen) atoms. The van der Waals surface area contributed by atoms with Crippen LogP contribution in [-0.4, -0.2) is 32.5 Å². The van der Waals surface area contributed by atoms with Crippen LogP contribution in [-0.2, 0) is 16.0 Å². The Kier molecular flexibility index (Phi) is 5.05. The molecular formula is C12H14BrF2NO2. The van der Waals surface area contributed by atoms with E-state index in [0.717, 1.165) is 0 Å². The van der Waals surface area contributed by atoms with Gasteiger partial charge in [0.1, 0.15) is 11.6 Å². The fourth-order valence-corrected chi connectivity index (χ4v) is 2.12. The Labute approximate surface area is 113 Å². The van der Waals surface area contributed by atoms with Gasteiger partial charge in [-0.1, -0.05) is 0 Å². The molecule has 0 aliphatic carbocycles. The van der Waals surface area contributed by atoms with E-state index in [9.17, 15) is 8.78 Å². The molecule has 1 heterocycles. The van der Waals surface area contributed by atoms with Crippen LogP contribution in [0.2, 0.25) is 0 Å². The Bertz CT molecular complexity index is 411. The highest BCUT2D eigenvalue weighted by Gasteiger charge is 2.15. The van der Waals surface area contributed by atoms with E-state index in [1.807, 2.05) is 0 Å². The predicted octanol–water partition coefficient (Wildman–Crippen LogP) is 2.23. The van der Waals surface area contributed by atoms with Gasteiger partial charge < -0.3 is 14.8 Å². The van der Waals surface area contributed by atoms with Crippen molar-refractivity contribution >= 4 is 15.9 Å². The van der Waals surface area contributed by atoms with Crippen LogP contribution < -0.4 is 5.32 Å². The van der Waals surface area contributed by atoms with Gasteiger partial charge >= 0.3 is 0 Å². The van der Waals surface area contributed by atoms with Crippen LogP contribution in [0.3, 0.4) is 0 Å². The second-order valence-electron chi connectivity index (χ2n) is 4.02. The van der Waals surface area contributed by atoms with Crippen molar-refractivity contribution in [1.82, 2.24) is 5.32 Å². The molecule has 1 N–H and O–H groups in total. The van der Waals surface area contributed by atoms with Gasteiger partial charge in [0.25, 0.3) is 0 Å². The molecule has 1 unspecified atom stereocenters. The molecule has 6 heteroatoms. The molecular weight excluding hydrogens is 308 g/mol. The van der Waals surface area contributed by atoms with Crippen molar-refractivity contribution in [2.24, 2.45) is 0 Å². The van der Waals surface area contributed by atoms with Gasteiger partial charge in [-0.25, -0.2) is 8.78 Å². The lowest BCUT2D eigenvalue weighted by Gasteiger charge is -2.23. The maximum atomic E-state index is 13.6. The second kappa shape index (κ2) is 6.56. The van der Waals surface area contributed by atoms with Gasteiger partial charge in [0.15, 0.2) is 0 Å². The van der Waals surface area contributed by atoms with E-state index in [0.29, 0.717) is 26.4 Å². The van der Waals surface area contributed by atoms with Crippen LogP contribution in [0.1, 0.15) is 5.56 Å². The van der Waals surface area contributed by atoms with E-state index in [1.54, 1.807) is 0 Å². The largest absolute Gasteiger partial charge is 0.376 e. The molecule has 0 bridgehead atoms. The average Bonchev–Trinajstić information content (AvgIpc) is 2.39. The molecule has 0 amide bonds. The Balaban J connectivity index is 1.88. The fraction of sp³-hybridized carbons (Fsp3) is 0.500. The third-order valence-electron chi connectivity index (χ3n) is 2.70. The number of hydrogen-bond acceptors (Lipinski definition) is 3. The maximum absolute atomic E-state index is 13.6. The monoisotopic (exact) mass is 321 g/mol. The topological polar surface area (TPSA) is 30.5 Å². The van der Waals surface area contributed by atoms with Crippen LogP contribution in [0.5, 0.6) is 0 Å². The molecule has 1 aliphatic heterocycles. The van der Waals surface area contributed by atoms with Gasteiger partial charge in [0, 0.05) is 18.7 Å². The van der Waals surface area contributed by atoms with Crippen molar-refractivity contribution in [3.05, 3.63) is 33.8 Å². The first-order chi connectivity index (χ1) is 8.68. The number of benzene rings is 1. The summed E-state index contributed by atoms with van der Waals surface area (Å²) in [6.45, 7) is 2.30. The zero-order valence-electron chi connectivity index (χ0n) is 9.72. The van der Waals surface area contributed by atoms with Crippen LogP contribution >= 0.6 is 15.9 Å². The Morgan fingerprint density at radius 3 is 2.89 bits per heavy atom. The number of rotatable bonds is 4. The molecule has 1 saturated heterocycles. The molecule has 0 aromatic heterocycles. The van der Waals surface area contributed by atoms with Gasteiger partial charge in [0.05, 0.1) is 30.4 Å². The van der Waals surface area contributed by atoms with Gasteiger partial charge in [-0.15, -0.1) is 0 Å². The smallest absolute Gasteiger partial charge is 0.144 e. The molecule has 1 aromatic rings. The molecule has 1 aromatic carbocycles. The molecule has 2 rings (SSSR count). The number of halogens is 3. The molecule has 0 radical (unpaired) electrons. The summed E-state index contributed by atoms with van der Waals surface area (Å²) < 4.78 is 38.0. The lowest BCUT2D eigenvalue weighted by molar-refractivity contribution is -0.0864. The summed E-state index contributed by atoms with van der Waals surface area (Å²) in [6, 6.07) is 2.59. The van der Waals surface area contributed by atoms with E-state index < -0.39 is 11.6 Å². The number of nitrogens with one attached hydrogen (secondary N) is 1. The van der Waals surface area contributed by atoms with Crippen LogP contribution in [0.25, 0.3) is 0 Å². The van der Waals surface area contributed by atoms with E-state index in [1.165, 1.54) is 12.1 Å². The van der Waals surface area contributed by atoms with Crippen molar-refractivity contribution in [3.8, 4) is 0 Å². The van der Waals surface area contributed by atoms with Gasteiger partial charge in [-0.05, 0) is 28.1 Å². The quantitative estimate of drug-likeness (QED) is 0.863. The number of hydrogen-bond donors (Lipinski definition) is 1. The first-order valence-corrected chi connectivity index (χ1v) is 6.50. The van der Waals surface area contributed by atoms with Gasteiger partial charge in [0.2, 0.25) is 0 Å². The highest BCUT2D eigenvalue weighted by Crippen LogP contribution is 2.21. The van der Waals surface area contributed by atoms with E-state index in [4.69, 9.17) is 9.47 Å². The summed E-state index contributed by atoms with van der Waals surface area (Å²) in [6.07, 6.45) is -0.0583. The summed E-state index contributed by atoms with van der Waals surface area (Å²) in [4.78, 5) is 0.